The average molecular weight is 443 g/mol. The zero-order chi connectivity index (χ0) is 23.2. The summed E-state index contributed by atoms with van der Waals surface area (Å²) in [5.41, 5.74) is 6.31. The third-order valence-electron chi connectivity index (χ3n) is 6.53. The van der Waals surface area contributed by atoms with E-state index in [4.69, 9.17) is 4.98 Å². The molecule has 160 valence electrons. The molecule has 2 nitrogen and oxygen atoms in total. The van der Waals surface area contributed by atoms with Gasteiger partial charge in [0.05, 0.1) is 25.4 Å². The minimum absolute atomic E-state index is 0.678. The number of aryl methyl sites for hydroxylation is 1. The molecule has 0 spiro atoms. The summed E-state index contributed by atoms with van der Waals surface area (Å²) >= 11 is 0. The molecule has 5 aromatic rings. The van der Waals surface area contributed by atoms with Gasteiger partial charge in [0, 0.05) is 17.1 Å². The highest BCUT2D eigenvalue weighted by Gasteiger charge is 2.17. The van der Waals surface area contributed by atoms with Crippen molar-refractivity contribution in [1.29, 1.82) is 5.26 Å². The predicted octanol–water partition coefficient (Wildman–Crippen LogP) is 7.45. The van der Waals surface area contributed by atoms with Gasteiger partial charge in [-0.05, 0) is 58.0 Å². The topological polar surface area (TPSA) is 36.7 Å². The number of nitrogens with zero attached hydrogens (tertiary/aromatic N) is 2. The second-order valence-corrected chi connectivity index (χ2v) is 14.8. The molecule has 0 bridgehead atoms. The molecule has 4 aromatic carbocycles. The Morgan fingerprint density at radius 2 is 1.52 bits per heavy atom. The number of rotatable bonds is 3. The Hall–Kier alpha value is -3.74. The molecule has 0 atom stereocenters. The van der Waals surface area contributed by atoms with Crippen LogP contribution in [0.4, 0.5) is 0 Å². The summed E-state index contributed by atoms with van der Waals surface area (Å²) in [5.74, 6) is 0. The molecule has 0 fully saturated rings. The summed E-state index contributed by atoms with van der Waals surface area (Å²) in [5, 5.41) is 15.5. The minimum atomic E-state index is -1.32. The maximum Gasteiger partial charge on any atom is 0.0998 e. The van der Waals surface area contributed by atoms with E-state index in [9.17, 15) is 5.26 Å². The standard InChI is InChI=1S/C30H26N2Si/c1-20-26(21-9-11-25(12-10-21)33(2,3)4)13-14-29-27(20)15-16-32-30(29)23-17-22-7-5-6-8-28(22)24(18-23)19-31/h5-18H,1-4H3. The van der Waals surface area contributed by atoms with E-state index in [1.807, 2.05) is 30.5 Å². The van der Waals surface area contributed by atoms with Gasteiger partial charge in [0.2, 0.25) is 0 Å². The van der Waals surface area contributed by atoms with Crippen LogP contribution in [0.25, 0.3) is 43.9 Å². The Morgan fingerprint density at radius 1 is 0.758 bits per heavy atom. The van der Waals surface area contributed by atoms with Crippen molar-refractivity contribution >= 4 is 34.8 Å². The third-order valence-corrected chi connectivity index (χ3v) is 8.60. The van der Waals surface area contributed by atoms with Crippen LogP contribution in [0.15, 0.2) is 85.1 Å². The molecule has 0 amide bonds. The summed E-state index contributed by atoms with van der Waals surface area (Å²) in [6.45, 7) is 9.32. The number of nitriles is 1. The predicted molar refractivity (Wildman–Crippen MR) is 143 cm³/mol. The second kappa shape index (κ2) is 7.99. The van der Waals surface area contributed by atoms with E-state index in [-0.39, 0.29) is 0 Å². The number of benzene rings is 4. The van der Waals surface area contributed by atoms with Crippen molar-refractivity contribution in [2.45, 2.75) is 26.6 Å². The number of aromatic nitrogens is 1. The second-order valence-electron chi connectivity index (χ2n) is 9.68. The van der Waals surface area contributed by atoms with Crippen molar-refractivity contribution in [3.05, 3.63) is 96.2 Å². The van der Waals surface area contributed by atoms with Gasteiger partial charge in [0.25, 0.3) is 0 Å². The van der Waals surface area contributed by atoms with Crippen LogP contribution in [0.1, 0.15) is 11.1 Å². The van der Waals surface area contributed by atoms with Gasteiger partial charge in [-0.25, -0.2) is 0 Å². The molecule has 0 aliphatic carbocycles. The van der Waals surface area contributed by atoms with Gasteiger partial charge in [-0.15, -0.1) is 0 Å². The van der Waals surface area contributed by atoms with Gasteiger partial charge in [-0.2, -0.15) is 5.26 Å². The lowest BCUT2D eigenvalue weighted by molar-refractivity contribution is 1.35. The largest absolute Gasteiger partial charge is 0.256 e. The van der Waals surface area contributed by atoms with Crippen molar-refractivity contribution in [3.8, 4) is 28.5 Å². The molecular weight excluding hydrogens is 416 g/mol. The fraction of sp³-hybridized carbons (Fsp3) is 0.133. The van der Waals surface area contributed by atoms with Gasteiger partial charge < -0.3 is 0 Å². The SMILES string of the molecule is Cc1c(-c2ccc([Si](C)(C)C)cc2)ccc2c(-c3cc(C#N)c4ccccc4c3)nccc12. The van der Waals surface area contributed by atoms with Crippen LogP contribution in [0.3, 0.4) is 0 Å². The van der Waals surface area contributed by atoms with Crippen LogP contribution < -0.4 is 5.19 Å². The molecular formula is C30H26N2Si. The van der Waals surface area contributed by atoms with Gasteiger partial charge >= 0.3 is 0 Å². The quantitative estimate of drug-likeness (QED) is 0.272. The molecule has 1 heterocycles. The normalized spacial score (nSPS) is 11.6. The molecule has 0 saturated carbocycles. The van der Waals surface area contributed by atoms with Crippen LogP contribution in [-0.4, -0.2) is 13.1 Å². The molecule has 0 unspecified atom stereocenters. The Morgan fingerprint density at radius 3 is 2.24 bits per heavy atom. The third kappa shape index (κ3) is 3.73. The maximum atomic E-state index is 9.73. The Balaban J connectivity index is 1.66. The molecule has 3 heteroatoms. The first-order valence-electron chi connectivity index (χ1n) is 11.3. The Kier molecular flexibility index (Phi) is 5.11. The number of fused-ring (bicyclic) bond motifs is 2. The lowest BCUT2D eigenvalue weighted by Gasteiger charge is -2.18. The van der Waals surface area contributed by atoms with Crippen LogP contribution >= 0.6 is 0 Å². The van der Waals surface area contributed by atoms with Crippen LogP contribution in [0.5, 0.6) is 0 Å². The van der Waals surface area contributed by atoms with E-state index in [1.54, 1.807) is 0 Å². The molecule has 0 N–H and O–H groups in total. The van der Waals surface area contributed by atoms with Crippen molar-refractivity contribution in [3.63, 3.8) is 0 Å². The van der Waals surface area contributed by atoms with E-state index in [0.29, 0.717) is 5.56 Å². The fourth-order valence-electron chi connectivity index (χ4n) is 4.64. The Bertz CT molecular complexity index is 1550. The van der Waals surface area contributed by atoms with E-state index in [1.165, 1.54) is 27.3 Å². The highest BCUT2D eigenvalue weighted by molar-refractivity contribution is 6.88. The summed E-state index contributed by atoms with van der Waals surface area (Å²) < 4.78 is 0. The molecule has 5 rings (SSSR count). The Labute approximate surface area is 196 Å². The van der Waals surface area contributed by atoms with E-state index >= 15 is 0 Å². The van der Waals surface area contributed by atoms with E-state index < -0.39 is 8.07 Å². The first kappa shape index (κ1) is 21.1. The van der Waals surface area contributed by atoms with Gasteiger partial charge in [0.15, 0.2) is 0 Å². The summed E-state index contributed by atoms with van der Waals surface area (Å²) in [6, 6.07) is 30.1. The minimum Gasteiger partial charge on any atom is -0.256 e. The number of pyridine rings is 1. The molecule has 0 aliphatic rings. The highest BCUT2D eigenvalue weighted by atomic mass is 28.3. The van der Waals surface area contributed by atoms with Crippen molar-refractivity contribution in [2.75, 3.05) is 0 Å². The highest BCUT2D eigenvalue weighted by Crippen LogP contribution is 2.35. The van der Waals surface area contributed by atoms with Gasteiger partial charge in [-0.1, -0.05) is 85.5 Å². The first-order valence-corrected chi connectivity index (χ1v) is 14.8. The number of hydrogen-bond acceptors (Lipinski definition) is 2. The fourth-order valence-corrected chi connectivity index (χ4v) is 5.80. The van der Waals surface area contributed by atoms with Crippen LogP contribution in [-0.2, 0) is 0 Å². The maximum absolute atomic E-state index is 9.73. The van der Waals surface area contributed by atoms with Crippen LogP contribution in [0, 0.1) is 18.3 Å². The van der Waals surface area contributed by atoms with E-state index in [2.05, 4.69) is 87.2 Å². The summed E-state index contributed by atoms with van der Waals surface area (Å²) in [7, 11) is -1.32. The van der Waals surface area contributed by atoms with Crippen molar-refractivity contribution in [1.82, 2.24) is 4.98 Å². The van der Waals surface area contributed by atoms with Crippen molar-refractivity contribution < 1.29 is 0 Å². The average Bonchev–Trinajstić information content (AvgIpc) is 2.83. The summed E-state index contributed by atoms with van der Waals surface area (Å²) in [4.78, 5) is 4.74. The molecule has 0 radical (unpaired) electrons. The molecule has 0 saturated heterocycles. The number of hydrogen-bond donors (Lipinski definition) is 0. The summed E-state index contributed by atoms with van der Waals surface area (Å²) in [6.07, 6.45) is 1.88. The molecule has 1 aromatic heterocycles. The first-order chi connectivity index (χ1) is 15.9. The lowest BCUT2D eigenvalue weighted by atomic mass is 9.92. The lowest BCUT2D eigenvalue weighted by Crippen LogP contribution is -2.37. The molecule has 0 aliphatic heterocycles. The van der Waals surface area contributed by atoms with Gasteiger partial charge in [-0.3, -0.25) is 4.98 Å². The smallest absolute Gasteiger partial charge is 0.0998 e. The monoisotopic (exact) mass is 442 g/mol. The van der Waals surface area contributed by atoms with Crippen molar-refractivity contribution in [2.24, 2.45) is 0 Å². The van der Waals surface area contributed by atoms with Crippen LogP contribution in [0.2, 0.25) is 19.6 Å². The van der Waals surface area contributed by atoms with Gasteiger partial charge in [0.1, 0.15) is 0 Å². The zero-order valence-corrected chi connectivity index (χ0v) is 20.5. The molecule has 33 heavy (non-hydrogen) atoms. The zero-order valence-electron chi connectivity index (χ0n) is 19.5. The van der Waals surface area contributed by atoms with E-state index in [0.717, 1.165) is 27.4 Å².